The van der Waals surface area contributed by atoms with Crippen LogP contribution >= 0.6 is 0 Å². The summed E-state index contributed by atoms with van der Waals surface area (Å²) >= 11 is 0. The third kappa shape index (κ3) is 5.34. The molecule has 8 nitrogen and oxygen atoms in total. The van der Waals surface area contributed by atoms with E-state index in [1.165, 1.54) is 4.90 Å². The van der Waals surface area contributed by atoms with Crippen molar-refractivity contribution in [1.29, 1.82) is 0 Å². The molecule has 2 saturated heterocycles. The van der Waals surface area contributed by atoms with E-state index in [0.717, 1.165) is 31.4 Å². The van der Waals surface area contributed by atoms with E-state index in [4.69, 9.17) is 9.47 Å². The molecule has 3 fully saturated rings. The summed E-state index contributed by atoms with van der Waals surface area (Å²) in [6.45, 7) is 5.36. The van der Waals surface area contributed by atoms with Crippen molar-refractivity contribution in [2.75, 3.05) is 58.4 Å². The zero-order valence-corrected chi connectivity index (χ0v) is 20.2. The highest BCUT2D eigenvalue weighted by Crippen LogP contribution is 2.45. The van der Waals surface area contributed by atoms with Crippen LogP contribution in [0.25, 0.3) is 0 Å². The fourth-order valence-electron chi connectivity index (χ4n) is 5.78. The molecule has 4 rings (SSSR count). The van der Waals surface area contributed by atoms with Gasteiger partial charge in [0.1, 0.15) is 0 Å². The van der Waals surface area contributed by atoms with Gasteiger partial charge in [0, 0.05) is 57.8 Å². The Bertz CT molecular complexity index is 814. The van der Waals surface area contributed by atoms with E-state index in [2.05, 4.69) is 22.2 Å². The quantitative estimate of drug-likeness (QED) is 0.706. The van der Waals surface area contributed by atoms with Crippen LogP contribution in [0.4, 0.5) is 10.5 Å². The normalized spacial score (nSPS) is 26.6. The molecule has 3 amide bonds. The third-order valence-electron chi connectivity index (χ3n) is 7.51. The molecule has 33 heavy (non-hydrogen) atoms. The van der Waals surface area contributed by atoms with Gasteiger partial charge in [-0.3, -0.25) is 9.69 Å². The van der Waals surface area contributed by atoms with E-state index < -0.39 is 5.79 Å². The van der Waals surface area contributed by atoms with Crippen molar-refractivity contribution in [1.82, 2.24) is 15.1 Å². The van der Waals surface area contributed by atoms with Crippen LogP contribution in [0, 0.1) is 11.8 Å². The van der Waals surface area contributed by atoms with Crippen LogP contribution in [0.5, 0.6) is 0 Å². The van der Waals surface area contributed by atoms with Gasteiger partial charge in [-0.15, -0.1) is 0 Å². The van der Waals surface area contributed by atoms with Gasteiger partial charge in [-0.1, -0.05) is 18.2 Å². The summed E-state index contributed by atoms with van der Waals surface area (Å²) in [4.78, 5) is 32.0. The fourth-order valence-corrected chi connectivity index (χ4v) is 5.78. The minimum atomic E-state index is -0.459. The number of benzene rings is 1. The lowest BCUT2D eigenvalue weighted by Gasteiger charge is -2.49. The molecule has 2 aliphatic heterocycles. The maximum Gasteiger partial charge on any atom is 0.324 e. The number of para-hydroxylation sites is 1. The van der Waals surface area contributed by atoms with E-state index >= 15 is 0 Å². The molecule has 2 heterocycles. The van der Waals surface area contributed by atoms with Crippen LogP contribution in [0.3, 0.4) is 0 Å². The zero-order valence-electron chi connectivity index (χ0n) is 20.2. The topological polar surface area (TPSA) is 74.4 Å². The first-order valence-corrected chi connectivity index (χ1v) is 12.3. The third-order valence-corrected chi connectivity index (χ3v) is 7.51. The van der Waals surface area contributed by atoms with Crippen molar-refractivity contribution in [2.45, 2.75) is 44.4 Å². The molecule has 3 aliphatic rings. The number of fused-ring (bicyclic) bond motifs is 1. The number of likely N-dealkylation sites (tertiary alicyclic amines) is 1. The van der Waals surface area contributed by atoms with E-state index in [-0.39, 0.29) is 17.9 Å². The number of imide groups is 1. The highest BCUT2D eigenvalue weighted by atomic mass is 16.7. The Morgan fingerprint density at radius 1 is 1.21 bits per heavy atom. The molecule has 3 atom stereocenters. The number of hydrogen-bond acceptors (Lipinski definition) is 6. The molecule has 1 aromatic carbocycles. The van der Waals surface area contributed by atoms with Crippen LogP contribution in [-0.2, 0) is 14.3 Å². The molecular weight excluding hydrogens is 420 g/mol. The molecule has 0 aromatic heterocycles. The van der Waals surface area contributed by atoms with Crippen LogP contribution < -0.4 is 10.2 Å². The Balaban J connectivity index is 1.32. The summed E-state index contributed by atoms with van der Waals surface area (Å²) in [6, 6.07) is 10.2. The zero-order chi connectivity index (χ0) is 23.4. The molecule has 182 valence electrons. The van der Waals surface area contributed by atoms with Gasteiger partial charge in [0.05, 0.1) is 19.1 Å². The molecule has 1 saturated carbocycles. The number of nitrogens with zero attached hydrogens (tertiary/aromatic N) is 3. The van der Waals surface area contributed by atoms with Crippen molar-refractivity contribution in [3.05, 3.63) is 30.3 Å². The Labute approximate surface area is 197 Å². The van der Waals surface area contributed by atoms with Crippen molar-refractivity contribution in [3.63, 3.8) is 0 Å². The molecular formula is C25H38N4O4. The number of ether oxygens (including phenoxy) is 2. The van der Waals surface area contributed by atoms with E-state index in [9.17, 15) is 9.59 Å². The molecule has 1 aromatic rings. The lowest BCUT2D eigenvalue weighted by atomic mass is 9.72. The molecule has 0 unspecified atom stereocenters. The fraction of sp³-hybridized carbons (Fsp3) is 0.680. The number of urea groups is 1. The van der Waals surface area contributed by atoms with Gasteiger partial charge < -0.3 is 24.6 Å². The smallest absolute Gasteiger partial charge is 0.324 e. The van der Waals surface area contributed by atoms with Gasteiger partial charge in [-0.25, -0.2) is 4.79 Å². The van der Waals surface area contributed by atoms with Gasteiger partial charge in [0.2, 0.25) is 5.91 Å². The summed E-state index contributed by atoms with van der Waals surface area (Å²) in [5.74, 6) is -0.388. The second-order valence-corrected chi connectivity index (χ2v) is 9.62. The van der Waals surface area contributed by atoms with Crippen molar-refractivity contribution >= 4 is 17.6 Å². The SMILES string of the molecule is CCN(C(=O)NCCN(C)c1ccccc1)C(=O)[C@@H]1C[C@@H]2CC3(CC[C@H]2N(C)C1)OCCO3. The number of carbonyl (C=O) groups is 2. The minimum Gasteiger partial charge on any atom is -0.373 e. The highest BCUT2D eigenvalue weighted by Gasteiger charge is 2.49. The number of nitrogens with one attached hydrogen (secondary N) is 1. The lowest BCUT2D eigenvalue weighted by molar-refractivity contribution is -0.202. The summed E-state index contributed by atoms with van der Waals surface area (Å²) in [7, 11) is 4.09. The van der Waals surface area contributed by atoms with Crippen LogP contribution in [0.15, 0.2) is 30.3 Å². The molecule has 1 N–H and O–H groups in total. The Morgan fingerprint density at radius 3 is 2.64 bits per heavy atom. The summed E-state index contributed by atoms with van der Waals surface area (Å²) in [6.07, 6.45) is 3.55. The molecule has 0 radical (unpaired) electrons. The van der Waals surface area contributed by atoms with E-state index in [0.29, 0.717) is 51.4 Å². The second kappa shape index (κ2) is 10.4. The first-order valence-electron chi connectivity index (χ1n) is 12.3. The summed E-state index contributed by atoms with van der Waals surface area (Å²) in [5, 5.41) is 2.93. The summed E-state index contributed by atoms with van der Waals surface area (Å²) < 4.78 is 11.9. The molecule has 1 spiro atoms. The number of carbonyl (C=O) groups excluding carboxylic acids is 2. The second-order valence-electron chi connectivity index (χ2n) is 9.62. The number of amides is 3. The van der Waals surface area contributed by atoms with E-state index in [1.807, 2.05) is 44.3 Å². The monoisotopic (exact) mass is 458 g/mol. The highest BCUT2D eigenvalue weighted by molar-refractivity contribution is 5.95. The number of piperidine rings is 1. The standard InChI is InChI=1S/C25H38N4O4/c1-4-29(24(31)26-12-13-27(2)21-8-6-5-7-9-21)23(30)20-16-19-17-25(32-14-15-33-25)11-10-22(19)28(3)18-20/h5-9,19-20,22H,4,10-18H2,1-3H3,(H,26,31)/t19-,20-,22-/m1/s1. The Kier molecular flexibility index (Phi) is 7.56. The predicted octanol–water partition coefficient (Wildman–Crippen LogP) is 2.54. The molecule has 1 aliphatic carbocycles. The summed E-state index contributed by atoms with van der Waals surface area (Å²) in [5.41, 5.74) is 1.09. The minimum absolute atomic E-state index is 0.0791. The molecule has 8 heteroatoms. The van der Waals surface area contributed by atoms with Crippen LogP contribution in [0.2, 0.25) is 0 Å². The Hall–Kier alpha value is -2.16. The van der Waals surface area contributed by atoms with Crippen molar-refractivity contribution in [2.24, 2.45) is 11.8 Å². The van der Waals surface area contributed by atoms with Gasteiger partial charge >= 0.3 is 6.03 Å². The van der Waals surface area contributed by atoms with Crippen LogP contribution in [-0.4, -0.2) is 87.1 Å². The predicted molar refractivity (Wildman–Crippen MR) is 127 cm³/mol. The maximum absolute atomic E-state index is 13.4. The number of likely N-dealkylation sites (N-methyl/N-ethyl adjacent to an activating group) is 1. The van der Waals surface area contributed by atoms with Gasteiger partial charge in [0.25, 0.3) is 0 Å². The first-order chi connectivity index (χ1) is 15.9. The first kappa shape index (κ1) is 24.0. The van der Waals surface area contributed by atoms with E-state index in [1.54, 1.807) is 0 Å². The maximum atomic E-state index is 13.4. The number of rotatable bonds is 6. The average molecular weight is 459 g/mol. The van der Waals surface area contributed by atoms with Gasteiger partial charge in [-0.05, 0) is 44.9 Å². The van der Waals surface area contributed by atoms with Crippen LogP contribution in [0.1, 0.15) is 32.6 Å². The van der Waals surface area contributed by atoms with Gasteiger partial charge in [0.15, 0.2) is 5.79 Å². The largest absolute Gasteiger partial charge is 0.373 e. The number of anilines is 1. The lowest BCUT2D eigenvalue weighted by Crippen LogP contribution is -2.57. The van der Waals surface area contributed by atoms with Gasteiger partial charge in [-0.2, -0.15) is 0 Å². The number of hydrogen-bond donors (Lipinski definition) is 1. The Morgan fingerprint density at radius 2 is 1.94 bits per heavy atom. The average Bonchev–Trinajstić information content (AvgIpc) is 3.27. The van der Waals surface area contributed by atoms with Crippen molar-refractivity contribution < 1.29 is 19.1 Å². The van der Waals surface area contributed by atoms with Crippen molar-refractivity contribution in [3.8, 4) is 0 Å². The molecule has 0 bridgehead atoms.